The van der Waals surface area contributed by atoms with Gasteiger partial charge in [-0.3, -0.25) is 9.79 Å². The van der Waals surface area contributed by atoms with Crippen molar-refractivity contribution in [2.75, 3.05) is 13.2 Å². The number of nitrogens with zero attached hydrogens (tertiary/aromatic N) is 1. The summed E-state index contributed by atoms with van der Waals surface area (Å²) in [5.41, 5.74) is 17.3. The third-order valence-electron chi connectivity index (χ3n) is 6.18. The number of aliphatic imine (C=N–C) groups is 1. The average molecular weight is 507 g/mol. The Morgan fingerprint density at radius 1 is 1.00 bits per heavy atom. The van der Waals surface area contributed by atoms with Crippen LogP contribution < -0.4 is 16.2 Å². The van der Waals surface area contributed by atoms with E-state index in [1.807, 2.05) is 31.2 Å². The second kappa shape index (κ2) is 10.9. The van der Waals surface area contributed by atoms with Crippen LogP contribution in [0.5, 0.6) is 0 Å². The number of carbonyl (C=O) groups excluding carboxylic acids is 1. The number of carbonyl (C=O) groups is 1. The van der Waals surface area contributed by atoms with Crippen molar-refractivity contribution in [1.82, 2.24) is 4.72 Å². The van der Waals surface area contributed by atoms with Gasteiger partial charge < -0.3 is 16.2 Å². The standard InChI is InChI=1S/C27H30N4O4S/c1-18-12-14-19(15-13-18)36(33,34)31-27(29)30-16-6-11-25(28)26(32)35-17-24-22-9-4-2-7-20(22)21-8-3-5-10-23(21)24/h2-5,7-10,12-15,24-25H,6,11,16-17,28H2,1H3,(H3,29,30,31)/t25-/m0/s1. The summed E-state index contributed by atoms with van der Waals surface area (Å²) in [6.07, 6.45) is 0.774. The maximum Gasteiger partial charge on any atom is 0.322 e. The summed E-state index contributed by atoms with van der Waals surface area (Å²) in [6, 6.07) is 21.8. The SMILES string of the molecule is Cc1ccc(S(=O)(=O)NC(N)=NCCC[C@H](N)C(=O)OCC2c3ccccc3-c3ccccc32)cc1. The van der Waals surface area contributed by atoms with Gasteiger partial charge in [0.05, 0.1) is 4.90 Å². The lowest BCUT2D eigenvalue weighted by Gasteiger charge is -2.16. The molecule has 0 bridgehead atoms. The molecule has 9 heteroatoms. The molecule has 5 N–H and O–H groups in total. The van der Waals surface area contributed by atoms with Crippen LogP contribution in [0, 0.1) is 6.92 Å². The largest absolute Gasteiger partial charge is 0.464 e. The summed E-state index contributed by atoms with van der Waals surface area (Å²) in [5, 5.41) is 0. The highest BCUT2D eigenvalue weighted by Crippen LogP contribution is 2.44. The summed E-state index contributed by atoms with van der Waals surface area (Å²) in [6.45, 7) is 2.30. The van der Waals surface area contributed by atoms with Gasteiger partial charge in [0, 0.05) is 12.5 Å². The lowest BCUT2D eigenvalue weighted by molar-refractivity contribution is -0.145. The first kappa shape index (κ1) is 25.4. The molecule has 36 heavy (non-hydrogen) atoms. The Morgan fingerprint density at radius 2 is 1.58 bits per heavy atom. The molecule has 1 aliphatic rings. The number of fused-ring (bicyclic) bond motifs is 3. The van der Waals surface area contributed by atoms with Crippen molar-refractivity contribution in [3.63, 3.8) is 0 Å². The third kappa shape index (κ3) is 5.75. The molecule has 1 atom stereocenters. The molecule has 8 nitrogen and oxygen atoms in total. The van der Waals surface area contributed by atoms with E-state index < -0.39 is 22.0 Å². The summed E-state index contributed by atoms with van der Waals surface area (Å²) in [4.78, 5) is 16.7. The number of nitrogens with one attached hydrogen (secondary N) is 1. The molecule has 188 valence electrons. The first-order valence-electron chi connectivity index (χ1n) is 11.8. The fourth-order valence-electron chi connectivity index (χ4n) is 4.29. The Bertz CT molecular complexity index is 1330. The molecule has 0 spiro atoms. The van der Waals surface area contributed by atoms with Gasteiger partial charge in [-0.2, -0.15) is 0 Å². The number of nitrogens with two attached hydrogens (primary N) is 2. The number of rotatable bonds is 9. The third-order valence-corrected chi connectivity index (χ3v) is 7.55. The zero-order valence-electron chi connectivity index (χ0n) is 20.1. The minimum atomic E-state index is -3.81. The first-order valence-corrected chi connectivity index (χ1v) is 13.2. The Kier molecular flexibility index (Phi) is 7.71. The van der Waals surface area contributed by atoms with E-state index in [9.17, 15) is 13.2 Å². The van der Waals surface area contributed by atoms with E-state index in [0.29, 0.717) is 12.8 Å². The summed E-state index contributed by atoms with van der Waals surface area (Å²) in [5.74, 6) is -0.723. The second-order valence-electron chi connectivity index (χ2n) is 8.79. The number of guanidine groups is 1. The predicted octanol–water partition coefficient (Wildman–Crippen LogP) is 3.05. The molecule has 0 aliphatic heterocycles. The zero-order chi connectivity index (χ0) is 25.7. The minimum Gasteiger partial charge on any atom is -0.464 e. The molecular weight excluding hydrogens is 476 g/mol. The molecule has 0 unspecified atom stereocenters. The highest BCUT2D eigenvalue weighted by molar-refractivity contribution is 7.90. The molecule has 1 aliphatic carbocycles. The molecule has 0 saturated carbocycles. The van der Waals surface area contributed by atoms with Crippen molar-refractivity contribution in [1.29, 1.82) is 0 Å². The Labute approximate surface area is 211 Å². The van der Waals surface area contributed by atoms with Crippen LogP contribution in [0.25, 0.3) is 11.1 Å². The summed E-state index contributed by atoms with van der Waals surface area (Å²) >= 11 is 0. The number of hydrogen-bond acceptors (Lipinski definition) is 6. The molecule has 3 aromatic carbocycles. The van der Waals surface area contributed by atoms with Gasteiger partial charge >= 0.3 is 5.97 Å². The molecule has 0 aromatic heterocycles. The monoisotopic (exact) mass is 506 g/mol. The van der Waals surface area contributed by atoms with E-state index in [0.717, 1.165) is 27.8 Å². The molecule has 3 aromatic rings. The molecule has 0 heterocycles. The number of ether oxygens (including phenoxy) is 1. The maximum atomic E-state index is 12.5. The fraction of sp³-hybridized carbons (Fsp3) is 0.259. The van der Waals surface area contributed by atoms with E-state index in [1.54, 1.807) is 12.1 Å². The van der Waals surface area contributed by atoms with Crippen LogP contribution >= 0.6 is 0 Å². The maximum absolute atomic E-state index is 12.5. The van der Waals surface area contributed by atoms with Crippen molar-refractivity contribution in [3.05, 3.63) is 89.5 Å². The second-order valence-corrected chi connectivity index (χ2v) is 10.5. The number of aryl methyl sites for hydroxylation is 1. The topological polar surface area (TPSA) is 137 Å². The smallest absolute Gasteiger partial charge is 0.322 e. The average Bonchev–Trinajstić information content (AvgIpc) is 3.18. The van der Waals surface area contributed by atoms with Crippen LogP contribution in [0.15, 0.2) is 82.7 Å². The van der Waals surface area contributed by atoms with Crippen molar-refractivity contribution < 1.29 is 17.9 Å². The Hall–Kier alpha value is -3.69. The number of sulfonamides is 1. The molecule has 0 saturated heterocycles. The van der Waals surface area contributed by atoms with Crippen molar-refractivity contribution in [2.24, 2.45) is 16.5 Å². The molecular formula is C27H30N4O4S. The van der Waals surface area contributed by atoms with E-state index in [1.165, 1.54) is 12.1 Å². The van der Waals surface area contributed by atoms with Gasteiger partial charge in [0.2, 0.25) is 5.96 Å². The normalized spacial score (nSPS) is 14.1. The van der Waals surface area contributed by atoms with Crippen LogP contribution in [-0.4, -0.2) is 39.5 Å². The lowest BCUT2D eigenvalue weighted by Crippen LogP contribution is -2.37. The molecule has 0 amide bonds. The number of hydrogen-bond donors (Lipinski definition) is 3. The van der Waals surface area contributed by atoms with Gasteiger partial charge in [-0.25, -0.2) is 13.1 Å². The van der Waals surface area contributed by atoms with E-state index in [-0.39, 0.29) is 29.9 Å². The lowest BCUT2D eigenvalue weighted by atomic mass is 9.98. The quantitative estimate of drug-likeness (QED) is 0.177. The summed E-state index contributed by atoms with van der Waals surface area (Å²) < 4.78 is 32.6. The summed E-state index contributed by atoms with van der Waals surface area (Å²) in [7, 11) is -3.81. The van der Waals surface area contributed by atoms with Crippen LogP contribution in [0.1, 0.15) is 35.4 Å². The highest BCUT2D eigenvalue weighted by Gasteiger charge is 2.29. The van der Waals surface area contributed by atoms with Gasteiger partial charge in [-0.1, -0.05) is 66.2 Å². The van der Waals surface area contributed by atoms with Crippen LogP contribution in [0.3, 0.4) is 0 Å². The van der Waals surface area contributed by atoms with E-state index >= 15 is 0 Å². The number of esters is 1. The fourth-order valence-corrected chi connectivity index (χ4v) is 5.24. The number of benzene rings is 3. The van der Waals surface area contributed by atoms with Crippen LogP contribution in [0.2, 0.25) is 0 Å². The van der Waals surface area contributed by atoms with E-state index in [4.69, 9.17) is 16.2 Å². The van der Waals surface area contributed by atoms with Gasteiger partial charge in [0.1, 0.15) is 12.6 Å². The molecule has 4 rings (SSSR count). The Morgan fingerprint density at radius 3 is 2.19 bits per heavy atom. The molecule has 0 fully saturated rings. The van der Waals surface area contributed by atoms with Crippen LogP contribution in [0.4, 0.5) is 0 Å². The molecule has 0 radical (unpaired) electrons. The predicted molar refractivity (Wildman–Crippen MR) is 140 cm³/mol. The van der Waals surface area contributed by atoms with Crippen molar-refractivity contribution >= 4 is 22.0 Å². The Balaban J connectivity index is 1.25. The zero-order valence-corrected chi connectivity index (χ0v) is 20.9. The van der Waals surface area contributed by atoms with Gasteiger partial charge in [-0.05, 0) is 54.2 Å². The highest BCUT2D eigenvalue weighted by atomic mass is 32.2. The van der Waals surface area contributed by atoms with Gasteiger partial charge in [-0.15, -0.1) is 0 Å². The van der Waals surface area contributed by atoms with Gasteiger partial charge in [0.15, 0.2) is 0 Å². The minimum absolute atomic E-state index is 0.0282. The van der Waals surface area contributed by atoms with Crippen molar-refractivity contribution in [3.8, 4) is 11.1 Å². The van der Waals surface area contributed by atoms with Crippen LogP contribution in [-0.2, 0) is 19.6 Å². The van der Waals surface area contributed by atoms with Crippen molar-refractivity contribution in [2.45, 2.75) is 36.6 Å². The van der Waals surface area contributed by atoms with E-state index in [2.05, 4.69) is 34.0 Å². The van der Waals surface area contributed by atoms with Gasteiger partial charge in [0.25, 0.3) is 10.0 Å². The first-order chi connectivity index (χ1) is 17.3.